The molecule has 174 valence electrons. The third-order valence-corrected chi connectivity index (χ3v) is 8.26. The van der Waals surface area contributed by atoms with Crippen molar-refractivity contribution in [3.8, 4) is 0 Å². The van der Waals surface area contributed by atoms with E-state index in [0.29, 0.717) is 66.4 Å². The first kappa shape index (κ1) is 22.4. The first-order valence-corrected chi connectivity index (χ1v) is 12.5. The van der Waals surface area contributed by atoms with Gasteiger partial charge in [0, 0.05) is 47.6 Å². The maximum atomic E-state index is 13.3. The highest BCUT2D eigenvalue weighted by Gasteiger charge is 2.42. The first-order valence-electron chi connectivity index (χ1n) is 10.7. The molecule has 3 heterocycles. The fraction of sp³-hybridized carbons (Fsp3) is 0.348. The summed E-state index contributed by atoms with van der Waals surface area (Å²) >= 11 is 5.98. The molecular formula is C23H23ClN2O6S. The molecule has 2 saturated heterocycles. The van der Waals surface area contributed by atoms with Crippen molar-refractivity contribution >= 4 is 44.2 Å². The Morgan fingerprint density at radius 2 is 1.82 bits per heavy atom. The Balaban J connectivity index is 1.39. The number of aryl methyl sites for hydroxylation is 1. The van der Waals surface area contributed by atoms with Crippen LogP contribution >= 0.6 is 11.6 Å². The van der Waals surface area contributed by atoms with Crippen LogP contribution in [0.2, 0.25) is 5.02 Å². The first-order chi connectivity index (χ1) is 15.8. The summed E-state index contributed by atoms with van der Waals surface area (Å²) < 4.78 is 45.2. The van der Waals surface area contributed by atoms with Crippen LogP contribution in [0.4, 0.5) is 5.69 Å². The molecule has 0 aliphatic carbocycles. The van der Waals surface area contributed by atoms with E-state index < -0.39 is 21.7 Å². The smallest absolute Gasteiger partial charge is 0.291 e. The van der Waals surface area contributed by atoms with Gasteiger partial charge in [0.2, 0.25) is 10.0 Å². The molecular weight excluding hydrogens is 468 g/mol. The standard InChI is InChI=1S/C23H23ClN2O6S/c1-15-19-14-18(33(28,29)26-9-7-23(8-10-26)30-11-12-31-23)5-6-20(19)32-21(15)22(27)25-17-4-2-3-16(24)13-17/h2-6,13-14H,7-12H2,1H3,(H,25,27). The number of hydrogen-bond donors (Lipinski definition) is 1. The van der Waals surface area contributed by atoms with E-state index in [9.17, 15) is 13.2 Å². The van der Waals surface area contributed by atoms with Crippen LogP contribution in [0.5, 0.6) is 0 Å². The van der Waals surface area contributed by atoms with E-state index in [1.165, 1.54) is 10.4 Å². The number of amides is 1. The Morgan fingerprint density at radius 1 is 1.09 bits per heavy atom. The number of anilines is 1. The van der Waals surface area contributed by atoms with Gasteiger partial charge in [-0.2, -0.15) is 4.31 Å². The molecule has 1 amide bonds. The second kappa shape index (κ2) is 8.41. The lowest BCUT2D eigenvalue weighted by molar-refractivity contribution is -0.179. The van der Waals surface area contributed by atoms with Gasteiger partial charge in [-0.3, -0.25) is 4.79 Å². The summed E-state index contributed by atoms with van der Waals surface area (Å²) in [6.07, 6.45) is 0.986. The maximum Gasteiger partial charge on any atom is 0.291 e. The van der Waals surface area contributed by atoms with E-state index in [1.54, 1.807) is 43.3 Å². The molecule has 0 bridgehead atoms. The highest BCUT2D eigenvalue weighted by molar-refractivity contribution is 7.89. The molecule has 0 radical (unpaired) electrons. The van der Waals surface area contributed by atoms with Crippen LogP contribution < -0.4 is 5.32 Å². The maximum absolute atomic E-state index is 13.3. The largest absolute Gasteiger partial charge is 0.451 e. The minimum absolute atomic E-state index is 0.120. The van der Waals surface area contributed by atoms with Gasteiger partial charge in [-0.15, -0.1) is 0 Å². The van der Waals surface area contributed by atoms with E-state index in [4.69, 9.17) is 25.5 Å². The van der Waals surface area contributed by atoms with Crippen molar-refractivity contribution in [1.29, 1.82) is 0 Å². The Morgan fingerprint density at radius 3 is 2.52 bits per heavy atom. The lowest BCUT2D eigenvalue weighted by atomic mass is 10.1. The average molecular weight is 491 g/mol. The fourth-order valence-corrected chi connectivity index (χ4v) is 5.99. The third kappa shape index (κ3) is 4.15. The number of sulfonamides is 1. The van der Waals surface area contributed by atoms with Gasteiger partial charge in [-0.1, -0.05) is 17.7 Å². The second-order valence-electron chi connectivity index (χ2n) is 8.19. The van der Waals surface area contributed by atoms with Crippen molar-refractivity contribution in [3.05, 3.63) is 58.8 Å². The zero-order valence-corrected chi connectivity index (χ0v) is 19.5. The van der Waals surface area contributed by atoms with Crippen molar-refractivity contribution in [2.24, 2.45) is 0 Å². The number of ether oxygens (including phenoxy) is 2. The summed E-state index contributed by atoms with van der Waals surface area (Å²) in [4.78, 5) is 12.9. The summed E-state index contributed by atoms with van der Waals surface area (Å²) in [5, 5.41) is 3.83. The van der Waals surface area contributed by atoms with Crippen molar-refractivity contribution in [1.82, 2.24) is 4.31 Å². The molecule has 2 fully saturated rings. The molecule has 0 saturated carbocycles. The second-order valence-corrected chi connectivity index (χ2v) is 10.6. The molecule has 1 aromatic heterocycles. The summed E-state index contributed by atoms with van der Waals surface area (Å²) in [7, 11) is -3.72. The van der Waals surface area contributed by atoms with Gasteiger partial charge in [-0.25, -0.2) is 8.42 Å². The minimum atomic E-state index is -3.72. The summed E-state index contributed by atoms with van der Waals surface area (Å²) in [6, 6.07) is 11.4. The molecule has 33 heavy (non-hydrogen) atoms. The minimum Gasteiger partial charge on any atom is -0.451 e. The van der Waals surface area contributed by atoms with Gasteiger partial charge in [0.05, 0.1) is 18.1 Å². The van der Waals surface area contributed by atoms with Gasteiger partial charge in [0.25, 0.3) is 5.91 Å². The predicted molar refractivity (Wildman–Crippen MR) is 123 cm³/mol. The van der Waals surface area contributed by atoms with Gasteiger partial charge < -0.3 is 19.2 Å². The number of carbonyl (C=O) groups excluding carboxylic acids is 1. The molecule has 0 atom stereocenters. The lowest BCUT2D eigenvalue weighted by Gasteiger charge is -2.36. The zero-order valence-electron chi connectivity index (χ0n) is 18.0. The third-order valence-electron chi connectivity index (χ3n) is 6.13. The number of furan rings is 1. The number of carbonyl (C=O) groups is 1. The summed E-state index contributed by atoms with van der Waals surface area (Å²) in [5.74, 6) is -0.967. The average Bonchev–Trinajstić information content (AvgIpc) is 3.38. The fourth-order valence-electron chi connectivity index (χ4n) is 4.33. The van der Waals surface area contributed by atoms with E-state index >= 15 is 0 Å². The Hall–Kier alpha value is -2.43. The molecule has 8 nitrogen and oxygen atoms in total. The molecule has 1 spiro atoms. The summed E-state index contributed by atoms with van der Waals surface area (Å²) in [6.45, 7) is 3.44. The van der Waals surface area contributed by atoms with Gasteiger partial charge >= 0.3 is 0 Å². The van der Waals surface area contributed by atoms with Crippen molar-refractivity contribution < 1.29 is 27.1 Å². The van der Waals surface area contributed by atoms with Crippen LogP contribution in [0.1, 0.15) is 29.0 Å². The van der Waals surface area contributed by atoms with Gasteiger partial charge in [0.15, 0.2) is 11.5 Å². The molecule has 1 N–H and O–H groups in total. The number of hydrogen-bond acceptors (Lipinski definition) is 6. The van der Waals surface area contributed by atoms with Gasteiger partial charge in [-0.05, 0) is 43.3 Å². The van der Waals surface area contributed by atoms with E-state index in [0.717, 1.165) is 0 Å². The van der Waals surface area contributed by atoms with Crippen molar-refractivity contribution in [3.63, 3.8) is 0 Å². The Bertz CT molecular complexity index is 1320. The Labute approximate surface area is 196 Å². The van der Waals surface area contributed by atoms with Crippen LogP contribution in [0.3, 0.4) is 0 Å². The van der Waals surface area contributed by atoms with Crippen LogP contribution in [0.25, 0.3) is 11.0 Å². The molecule has 0 unspecified atom stereocenters. The zero-order chi connectivity index (χ0) is 23.2. The lowest BCUT2D eigenvalue weighted by Crippen LogP contribution is -2.47. The highest BCUT2D eigenvalue weighted by Crippen LogP contribution is 2.35. The number of fused-ring (bicyclic) bond motifs is 1. The molecule has 2 aliphatic rings. The number of piperidine rings is 1. The monoisotopic (exact) mass is 490 g/mol. The number of halogens is 1. The number of rotatable bonds is 4. The molecule has 2 aliphatic heterocycles. The van der Waals surface area contributed by atoms with E-state index in [2.05, 4.69) is 5.32 Å². The summed E-state index contributed by atoms with van der Waals surface area (Å²) in [5.41, 5.74) is 1.54. The van der Waals surface area contributed by atoms with E-state index in [1.807, 2.05) is 0 Å². The topological polar surface area (TPSA) is 98.1 Å². The molecule has 10 heteroatoms. The number of nitrogens with zero attached hydrogens (tertiary/aromatic N) is 1. The van der Waals surface area contributed by atoms with Crippen LogP contribution in [-0.2, 0) is 19.5 Å². The number of benzene rings is 2. The van der Waals surface area contributed by atoms with E-state index in [-0.39, 0.29) is 10.7 Å². The molecule has 5 rings (SSSR count). The van der Waals surface area contributed by atoms with Crippen molar-refractivity contribution in [2.45, 2.75) is 30.4 Å². The normalized spacial score (nSPS) is 18.7. The van der Waals surface area contributed by atoms with Crippen LogP contribution in [0.15, 0.2) is 51.8 Å². The quantitative estimate of drug-likeness (QED) is 0.589. The number of nitrogens with one attached hydrogen (secondary N) is 1. The van der Waals surface area contributed by atoms with Gasteiger partial charge in [0.1, 0.15) is 5.58 Å². The van der Waals surface area contributed by atoms with Crippen molar-refractivity contribution in [2.75, 3.05) is 31.6 Å². The molecule has 3 aromatic rings. The Kier molecular flexibility index (Phi) is 5.70. The predicted octanol–water partition coefficient (Wildman–Crippen LogP) is 4.17. The SMILES string of the molecule is Cc1c(C(=O)Nc2cccc(Cl)c2)oc2ccc(S(=O)(=O)N3CCC4(CC3)OCCO4)cc12. The highest BCUT2D eigenvalue weighted by atomic mass is 35.5. The van der Waals surface area contributed by atoms with Crippen LogP contribution in [0, 0.1) is 6.92 Å². The van der Waals surface area contributed by atoms with Crippen LogP contribution in [-0.4, -0.2) is 50.7 Å². The molecule has 2 aromatic carbocycles.